The van der Waals surface area contributed by atoms with Crippen molar-refractivity contribution in [1.29, 1.82) is 15.8 Å². The molecule has 0 radical (unpaired) electrons. The Balaban J connectivity index is 0.000000132. The van der Waals surface area contributed by atoms with Gasteiger partial charge in [-0.05, 0) is 206 Å². The molecule has 6 heterocycles. The van der Waals surface area contributed by atoms with Crippen LogP contribution in [0.25, 0.3) is 33.8 Å². The summed E-state index contributed by atoms with van der Waals surface area (Å²) in [7, 11) is 0. The van der Waals surface area contributed by atoms with Crippen molar-refractivity contribution in [1.82, 2.24) is 44.6 Å². The van der Waals surface area contributed by atoms with Gasteiger partial charge in [0.05, 0.1) is 58.6 Å². The molecule has 3 aliphatic heterocycles. The van der Waals surface area contributed by atoms with Crippen LogP contribution >= 0.6 is 0 Å². The fourth-order valence-electron chi connectivity index (χ4n) is 17.5. The van der Waals surface area contributed by atoms with Crippen molar-refractivity contribution < 1.29 is 24.6 Å². The second kappa shape index (κ2) is 34.5. The molecule has 0 atom stereocenters. The number of nitrogens with zero attached hydrogens (tertiary/aromatic N) is 12. The van der Waals surface area contributed by atoms with Crippen LogP contribution in [0.2, 0.25) is 0 Å². The molecule has 9 aromatic carbocycles. The molecule has 12 aromatic rings. The molecule has 3 aliphatic carbocycles. The van der Waals surface area contributed by atoms with Gasteiger partial charge in [0.25, 0.3) is 0 Å². The van der Waals surface area contributed by atoms with Crippen LogP contribution < -0.4 is 31.9 Å². The van der Waals surface area contributed by atoms with E-state index in [4.69, 9.17) is 35.8 Å². The van der Waals surface area contributed by atoms with Crippen molar-refractivity contribution in [2.45, 2.75) is 101 Å². The summed E-state index contributed by atoms with van der Waals surface area (Å²) in [5, 5.41) is 64.7. The summed E-state index contributed by atoms with van der Waals surface area (Å²) in [4.78, 5) is 73.3. The Hall–Kier alpha value is -14.2. The van der Waals surface area contributed by atoms with Crippen LogP contribution in [0.1, 0.15) is 111 Å². The quantitative estimate of drug-likeness (QED) is 0.0532. The van der Waals surface area contributed by atoms with Crippen LogP contribution in [0, 0.1) is 40.9 Å². The fraction of sp³-hybridized carbons (Fsp3) is 0.242. The molecule has 23 nitrogen and oxygen atoms in total. The van der Waals surface area contributed by atoms with Crippen LogP contribution in [-0.2, 0) is 55.1 Å². The fourth-order valence-corrected chi connectivity index (χ4v) is 17.5. The lowest BCUT2D eigenvalue weighted by Gasteiger charge is -2.45. The number of carbonyl (C=O) groups excluding carboxylic acids is 3. The van der Waals surface area contributed by atoms with Crippen molar-refractivity contribution in [3.05, 3.63) is 309 Å². The molecule has 18 rings (SSSR count). The van der Waals surface area contributed by atoms with E-state index in [-0.39, 0.29) is 47.6 Å². The number of aliphatic hydroxyl groups is 2. The molecule has 0 bridgehead atoms. The molecule has 6 amide bonds. The van der Waals surface area contributed by atoms with Crippen LogP contribution in [0.3, 0.4) is 0 Å². The Labute approximate surface area is 685 Å². The normalized spacial score (nSPS) is 15.1. The van der Waals surface area contributed by atoms with Gasteiger partial charge in [0.2, 0.25) is 17.8 Å². The summed E-state index contributed by atoms with van der Waals surface area (Å²) < 4.78 is 0. The van der Waals surface area contributed by atoms with Gasteiger partial charge in [-0.1, -0.05) is 140 Å². The zero-order chi connectivity index (χ0) is 81.2. The molecule has 3 saturated heterocycles. The summed E-state index contributed by atoms with van der Waals surface area (Å²) in [6.07, 6.45) is 14.1. The van der Waals surface area contributed by atoms with Crippen LogP contribution in [0.15, 0.2) is 237 Å². The minimum atomic E-state index is -0.143. The maximum absolute atomic E-state index is 13.0. The lowest BCUT2D eigenvalue weighted by molar-refractivity contribution is 0.166. The third-order valence-corrected chi connectivity index (χ3v) is 23.9. The average Bonchev–Trinajstić information content (AvgIpc) is 0.745. The zero-order valence-corrected chi connectivity index (χ0v) is 65.4. The number of fused-ring (bicyclic) bond motifs is 12. The highest BCUT2D eigenvalue weighted by Crippen LogP contribution is 2.52. The number of piperidine rings is 3. The van der Waals surface area contributed by atoms with Gasteiger partial charge in [-0.3, -0.25) is 0 Å². The van der Waals surface area contributed by atoms with Gasteiger partial charge in [0.1, 0.15) is 0 Å². The summed E-state index contributed by atoms with van der Waals surface area (Å²) in [5.41, 5.74) is 22.9. The van der Waals surface area contributed by atoms with Gasteiger partial charge < -0.3 is 56.8 Å². The smallest absolute Gasteiger partial charge is 0.321 e. The van der Waals surface area contributed by atoms with Crippen molar-refractivity contribution >= 4 is 64.4 Å². The van der Waals surface area contributed by atoms with E-state index in [1.165, 1.54) is 27.8 Å². The topological polar surface area (TPSA) is 322 Å². The summed E-state index contributed by atoms with van der Waals surface area (Å²) in [6.45, 7) is 6.79. The second-order valence-corrected chi connectivity index (χ2v) is 31.1. The maximum Gasteiger partial charge on any atom is 0.321 e. The number of aliphatic hydroxyl groups excluding tert-OH is 2. The number of aromatic nitrogens is 6. The number of nitrogens with one attached hydrogen (secondary N) is 6. The van der Waals surface area contributed by atoms with E-state index < -0.39 is 0 Å². The van der Waals surface area contributed by atoms with E-state index in [9.17, 15) is 19.5 Å². The first kappa shape index (κ1) is 77.7. The molecular formula is C95H88N18O5. The van der Waals surface area contributed by atoms with Gasteiger partial charge in [0, 0.05) is 132 Å². The van der Waals surface area contributed by atoms with Crippen molar-refractivity contribution in [3.8, 4) is 52.0 Å². The molecule has 588 valence electrons. The molecule has 3 spiro atoms. The third kappa shape index (κ3) is 16.9. The van der Waals surface area contributed by atoms with Crippen molar-refractivity contribution in [2.24, 2.45) is 0 Å². The molecule has 6 aliphatic rings. The first-order valence-corrected chi connectivity index (χ1v) is 40.0. The molecule has 0 unspecified atom stereocenters. The number of anilines is 8. The number of benzene rings is 9. The largest absolute Gasteiger partial charge is 0.396 e. The van der Waals surface area contributed by atoms with E-state index in [1.54, 1.807) is 66.7 Å². The predicted octanol–water partition coefficient (Wildman–Crippen LogP) is 16.8. The van der Waals surface area contributed by atoms with E-state index in [0.717, 1.165) is 131 Å². The minimum Gasteiger partial charge on any atom is -0.396 e. The van der Waals surface area contributed by atoms with Crippen LogP contribution in [0.4, 0.5) is 60.7 Å². The number of carbonyl (C=O) groups is 3. The molecule has 23 heteroatoms. The lowest BCUT2D eigenvalue weighted by atomic mass is 9.64. The number of urea groups is 3. The monoisotopic (exact) mass is 1560 g/mol. The molecule has 3 fully saturated rings. The Kier molecular flexibility index (Phi) is 22.7. The first-order valence-electron chi connectivity index (χ1n) is 40.0. The van der Waals surface area contributed by atoms with Crippen molar-refractivity contribution in [3.63, 3.8) is 0 Å². The summed E-state index contributed by atoms with van der Waals surface area (Å²) >= 11 is 0. The highest BCUT2D eigenvalue weighted by Gasteiger charge is 2.46. The Morgan fingerprint density at radius 2 is 0.754 bits per heavy atom. The lowest BCUT2D eigenvalue weighted by Crippen LogP contribution is -2.48. The standard InChI is InChI=1S/C32H30N6O2.C32H30N6O.C31H28N6O2/c33-20-23-4-3-5-26(18-23)36-31(40)38-15-13-32(14-16-38)19-24-21-34-30(35-25-10-8-22(9-11-25)12-17-39)37-29(24)27-6-1-2-7-28(27)32;1-22-7-2-3-9-24(22)20-34-30-35-21-25-18-32(28-12-5-4-11-27(28)29(25)37-30)13-15-38(16-14-32)31(39)36-26-10-6-8-23(17-26)19-33;32-18-22-4-3-5-25(16-22)35-30(39)37-14-12-31(13-15-37)17-23-19-33-29(34-24-10-8-21(20-38)9-11-24)36-28(23)26-6-1-2-7-27(26)31/h1-11,18,21,39H,12-17,19H2,(H,36,40)(H,34,35,37);2-12,17,21H,13-16,18,20H2,1H3,(H,36,39)(H,34,35,37);1-11,16,19,38H,12-15,17,20H2,(H,35,39)(H,33,34,36). The number of nitriles is 3. The molecule has 0 saturated carbocycles. The molecular weight excluding hydrogens is 1470 g/mol. The van der Waals surface area contributed by atoms with Gasteiger partial charge in [-0.25, -0.2) is 44.3 Å². The van der Waals surface area contributed by atoms with Gasteiger partial charge in [-0.15, -0.1) is 0 Å². The van der Waals surface area contributed by atoms with Crippen LogP contribution in [-0.4, -0.2) is 119 Å². The zero-order valence-electron chi connectivity index (χ0n) is 65.4. The van der Waals surface area contributed by atoms with E-state index in [2.05, 4.69) is 157 Å². The molecule has 118 heavy (non-hydrogen) atoms. The highest BCUT2D eigenvalue weighted by atomic mass is 16.3. The molecule has 3 aromatic heterocycles. The predicted molar refractivity (Wildman–Crippen MR) is 456 cm³/mol. The SMILES string of the molecule is Cc1ccccc1CNc1ncc2c(n1)-c1ccccc1C1(CCN(C(=O)Nc3cccc(C#N)c3)CC1)C2.N#Cc1cccc(NC(=O)N2CCC3(CC2)Cc2cnc(Nc4ccc(CCO)cc4)nc2-c2ccccc23)c1.N#Cc1cccc(NC(=O)N2CCC3(CC2)Cc2cnc(Nc4ccc(CO)cc4)nc2-c2ccccc23)c1. The number of hydrogen-bond acceptors (Lipinski definition) is 17. The third-order valence-electron chi connectivity index (χ3n) is 23.9. The number of likely N-dealkylation sites (tertiary alicyclic amines) is 3. The second-order valence-electron chi connectivity index (χ2n) is 31.1. The summed E-state index contributed by atoms with van der Waals surface area (Å²) in [6, 6.07) is 76.2. The first-order chi connectivity index (χ1) is 57.7. The highest BCUT2D eigenvalue weighted by molar-refractivity contribution is 5.91. The number of hydrogen-bond donors (Lipinski definition) is 8. The Bertz CT molecular complexity index is 5870. The average molecular weight is 1560 g/mol. The van der Waals surface area contributed by atoms with E-state index >= 15 is 0 Å². The number of rotatable bonds is 13. The Morgan fingerprint density at radius 3 is 1.12 bits per heavy atom. The van der Waals surface area contributed by atoms with E-state index in [1.807, 2.05) is 100 Å². The molecule has 8 N–H and O–H groups in total. The van der Waals surface area contributed by atoms with Crippen LogP contribution in [0.5, 0.6) is 0 Å². The number of amides is 6. The minimum absolute atomic E-state index is 0.00675. The van der Waals surface area contributed by atoms with Gasteiger partial charge in [0.15, 0.2) is 0 Å². The Morgan fingerprint density at radius 1 is 0.407 bits per heavy atom. The number of aryl methyl sites for hydroxylation is 1. The maximum atomic E-state index is 13.0. The van der Waals surface area contributed by atoms with E-state index in [0.29, 0.717) is 104 Å². The van der Waals surface area contributed by atoms with Gasteiger partial charge in [-0.2, -0.15) is 15.8 Å². The summed E-state index contributed by atoms with van der Waals surface area (Å²) in [5.74, 6) is 1.71. The van der Waals surface area contributed by atoms with Crippen molar-refractivity contribution in [2.75, 3.05) is 77.8 Å². The van der Waals surface area contributed by atoms with Gasteiger partial charge >= 0.3 is 18.1 Å².